The molecule has 1 aromatic heterocycles. The lowest BCUT2D eigenvalue weighted by Crippen LogP contribution is -2.15. The minimum Gasteiger partial charge on any atom is -0.481 e. The van der Waals surface area contributed by atoms with Crippen LogP contribution in [0.4, 0.5) is 5.69 Å². The van der Waals surface area contributed by atoms with Gasteiger partial charge in [-0.15, -0.1) is 11.3 Å². The predicted molar refractivity (Wildman–Crippen MR) is 95.7 cm³/mol. The lowest BCUT2D eigenvalue weighted by atomic mass is 10.1. The molecule has 0 fully saturated rings. The zero-order chi connectivity index (χ0) is 20.1. The van der Waals surface area contributed by atoms with Gasteiger partial charge in [-0.05, 0) is 17.7 Å². The minimum absolute atomic E-state index is 0.0405. The Morgan fingerprint density at radius 3 is 2.19 bits per heavy atom. The molecule has 142 valence electrons. The summed E-state index contributed by atoms with van der Waals surface area (Å²) in [7, 11) is 0. The van der Waals surface area contributed by atoms with Crippen LogP contribution in [0.25, 0.3) is 10.4 Å². The Labute approximate surface area is 160 Å². The van der Waals surface area contributed by atoms with Gasteiger partial charge in [-0.2, -0.15) is 0 Å². The number of hydrogen-bond acceptors (Lipinski definition) is 6. The van der Waals surface area contributed by atoms with E-state index in [4.69, 9.17) is 26.6 Å². The third-order valence-corrected chi connectivity index (χ3v) is 4.77. The van der Waals surface area contributed by atoms with Crippen LogP contribution in [-0.2, 0) is 14.4 Å². The van der Waals surface area contributed by atoms with Crippen molar-refractivity contribution in [1.82, 2.24) is 0 Å². The highest BCUT2D eigenvalue weighted by Crippen LogP contribution is 2.45. The normalized spacial score (nSPS) is 10.3. The Morgan fingerprint density at radius 2 is 1.67 bits per heavy atom. The Morgan fingerprint density at radius 1 is 1.04 bits per heavy atom. The number of nitrogens with one attached hydrogen (secondary N) is 1. The molecule has 9 nitrogen and oxygen atoms in total. The van der Waals surface area contributed by atoms with Gasteiger partial charge in [0.05, 0.1) is 4.88 Å². The van der Waals surface area contributed by atoms with Crippen LogP contribution in [0.1, 0.15) is 16.1 Å². The SMILES string of the molecule is O=C(O)COc1c(C(=O)O)sc(-c2ccc(NC(=O)CC(=O)O)cc2)c1Cl. The number of halogens is 1. The molecular weight excluding hydrogens is 402 g/mol. The van der Waals surface area contributed by atoms with Crippen molar-refractivity contribution in [3.8, 4) is 16.2 Å². The molecule has 0 aliphatic carbocycles. The molecule has 0 spiro atoms. The number of carboxylic acid groups (broad SMARTS) is 3. The molecular formula is C16H12ClNO8S. The number of thiophene rings is 1. The first-order valence-electron chi connectivity index (χ1n) is 7.21. The van der Waals surface area contributed by atoms with Crippen LogP contribution in [0, 0.1) is 0 Å². The summed E-state index contributed by atoms with van der Waals surface area (Å²) in [5, 5.41) is 28.9. The smallest absolute Gasteiger partial charge is 0.349 e. The number of rotatable bonds is 8. The topological polar surface area (TPSA) is 150 Å². The molecule has 0 aliphatic heterocycles. The summed E-state index contributed by atoms with van der Waals surface area (Å²) >= 11 is 6.98. The molecule has 0 radical (unpaired) electrons. The predicted octanol–water partition coefficient (Wildman–Crippen LogP) is 2.64. The molecule has 1 aromatic carbocycles. The molecule has 0 atom stereocenters. The maximum absolute atomic E-state index is 11.4. The second-order valence-corrected chi connectivity index (χ2v) is 6.49. The van der Waals surface area contributed by atoms with Gasteiger partial charge < -0.3 is 25.4 Å². The first-order chi connectivity index (χ1) is 12.7. The summed E-state index contributed by atoms with van der Waals surface area (Å²) in [5.74, 6) is -4.78. The quantitative estimate of drug-likeness (QED) is 0.482. The Bertz CT molecular complexity index is 906. The number of hydrogen-bond donors (Lipinski definition) is 4. The van der Waals surface area contributed by atoms with Crippen LogP contribution < -0.4 is 10.1 Å². The van der Waals surface area contributed by atoms with Crippen molar-refractivity contribution >= 4 is 52.4 Å². The molecule has 1 amide bonds. The van der Waals surface area contributed by atoms with Gasteiger partial charge in [-0.25, -0.2) is 9.59 Å². The van der Waals surface area contributed by atoms with Gasteiger partial charge in [-0.1, -0.05) is 23.7 Å². The van der Waals surface area contributed by atoms with E-state index in [1.165, 1.54) is 12.1 Å². The van der Waals surface area contributed by atoms with Crippen LogP contribution in [0.5, 0.6) is 5.75 Å². The van der Waals surface area contributed by atoms with Crippen LogP contribution in [0.15, 0.2) is 24.3 Å². The molecule has 0 saturated heterocycles. The number of aliphatic carboxylic acids is 2. The third kappa shape index (κ3) is 5.19. The number of benzene rings is 1. The number of anilines is 1. The summed E-state index contributed by atoms with van der Waals surface area (Å²) in [6, 6.07) is 6.06. The highest BCUT2D eigenvalue weighted by molar-refractivity contribution is 7.18. The van der Waals surface area contributed by atoms with E-state index in [9.17, 15) is 24.3 Å². The van der Waals surface area contributed by atoms with Crippen molar-refractivity contribution in [3.05, 3.63) is 34.2 Å². The Hall–Kier alpha value is -3.11. The second-order valence-electron chi connectivity index (χ2n) is 5.09. The number of aromatic carboxylic acids is 1. The van der Waals surface area contributed by atoms with Crippen LogP contribution in [0.2, 0.25) is 5.02 Å². The Balaban J connectivity index is 2.28. The lowest BCUT2D eigenvalue weighted by Gasteiger charge is -2.05. The molecule has 27 heavy (non-hydrogen) atoms. The van der Waals surface area contributed by atoms with Crippen molar-refractivity contribution in [2.24, 2.45) is 0 Å². The number of ether oxygens (including phenoxy) is 1. The number of carboxylic acids is 3. The maximum Gasteiger partial charge on any atom is 0.349 e. The van der Waals surface area contributed by atoms with Gasteiger partial charge >= 0.3 is 17.9 Å². The van der Waals surface area contributed by atoms with Crippen molar-refractivity contribution in [2.75, 3.05) is 11.9 Å². The van der Waals surface area contributed by atoms with E-state index in [1.807, 2.05) is 0 Å². The fraction of sp³-hybridized carbons (Fsp3) is 0.125. The molecule has 0 saturated carbocycles. The summed E-state index contributed by atoms with van der Waals surface area (Å²) in [4.78, 5) is 44.0. The van der Waals surface area contributed by atoms with Crippen molar-refractivity contribution in [3.63, 3.8) is 0 Å². The van der Waals surface area contributed by atoms with Gasteiger partial charge in [0.1, 0.15) is 11.4 Å². The highest BCUT2D eigenvalue weighted by Gasteiger charge is 2.24. The number of carbonyl (C=O) groups is 4. The number of amides is 1. The molecule has 2 aromatic rings. The molecule has 0 unspecified atom stereocenters. The van der Waals surface area contributed by atoms with E-state index in [0.717, 1.165) is 11.3 Å². The molecule has 4 N–H and O–H groups in total. The molecule has 0 bridgehead atoms. The number of carbonyl (C=O) groups excluding carboxylic acids is 1. The molecule has 0 aliphatic rings. The van der Waals surface area contributed by atoms with E-state index < -0.39 is 36.8 Å². The van der Waals surface area contributed by atoms with Gasteiger partial charge in [0.25, 0.3) is 0 Å². The van der Waals surface area contributed by atoms with Crippen LogP contribution >= 0.6 is 22.9 Å². The van der Waals surface area contributed by atoms with E-state index in [-0.39, 0.29) is 15.6 Å². The zero-order valence-electron chi connectivity index (χ0n) is 13.4. The third-order valence-electron chi connectivity index (χ3n) is 3.09. The first kappa shape index (κ1) is 20.2. The van der Waals surface area contributed by atoms with E-state index >= 15 is 0 Å². The summed E-state index contributed by atoms with van der Waals surface area (Å²) in [5.41, 5.74) is 0.854. The van der Waals surface area contributed by atoms with E-state index in [1.54, 1.807) is 12.1 Å². The average Bonchev–Trinajstić information content (AvgIpc) is 2.90. The van der Waals surface area contributed by atoms with Gasteiger partial charge in [0.15, 0.2) is 17.2 Å². The van der Waals surface area contributed by atoms with Gasteiger partial charge in [-0.3, -0.25) is 9.59 Å². The van der Waals surface area contributed by atoms with Crippen molar-refractivity contribution < 1.29 is 39.2 Å². The molecule has 11 heteroatoms. The highest BCUT2D eigenvalue weighted by atomic mass is 35.5. The van der Waals surface area contributed by atoms with Crippen molar-refractivity contribution in [1.29, 1.82) is 0 Å². The van der Waals surface area contributed by atoms with E-state index in [0.29, 0.717) is 16.1 Å². The first-order valence-corrected chi connectivity index (χ1v) is 8.40. The standard InChI is InChI=1S/C16H12ClNO8S/c17-12-13(26-6-11(22)23)15(16(24)25)27-14(12)7-1-3-8(4-2-7)18-9(19)5-10(20)21/h1-4H,5-6H2,(H,18,19)(H,20,21)(H,22,23)(H,24,25). The second kappa shape index (κ2) is 8.52. The molecule has 2 rings (SSSR count). The fourth-order valence-electron chi connectivity index (χ4n) is 2.03. The largest absolute Gasteiger partial charge is 0.481 e. The summed E-state index contributed by atoms with van der Waals surface area (Å²) in [6.07, 6.45) is -0.676. The van der Waals surface area contributed by atoms with Gasteiger partial charge in [0.2, 0.25) is 5.91 Å². The Kier molecular flexibility index (Phi) is 6.37. The fourth-order valence-corrected chi connectivity index (χ4v) is 3.44. The zero-order valence-corrected chi connectivity index (χ0v) is 15.0. The van der Waals surface area contributed by atoms with E-state index in [2.05, 4.69) is 5.32 Å². The summed E-state index contributed by atoms with van der Waals surface area (Å²) < 4.78 is 4.99. The summed E-state index contributed by atoms with van der Waals surface area (Å²) in [6.45, 7) is -0.745. The van der Waals surface area contributed by atoms with Crippen molar-refractivity contribution in [2.45, 2.75) is 6.42 Å². The lowest BCUT2D eigenvalue weighted by molar-refractivity contribution is -0.140. The average molecular weight is 414 g/mol. The maximum atomic E-state index is 11.4. The monoisotopic (exact) mass is 413 g/mol. The van der Waals surface area contributed by atoms with Crippen LogP contribution in [-0.4, -0.2) is 45.7 Å². The minimum atomic E-state index is -1.31. The van der Waals surface area contributed by atoms with Crippen LogP contribution in [0.3, 0.4) is 0 Å². The molecule has 1 heterocycles. The van der Waals surface area contributed by atoms with Gasteiger partial charge in [0, 0.05) is 5.69 Å².